The van der Waals surface area contributed by atoms with Gasteiger partial charge in [0.2, 0.25) is 11.8 Å². The van der Waals surface area contributed by atoms with Crippen molar-refractivity contribution in [3.8, 4) is 11.5 Å². The van der Waals surface area contributed by atoms with Crippen LogP contribution in [0.4, 0.5) is 11.4 Å². The van der Waals surface area contributed by atoms with Crippen LogP contribution in [0.1, 0.15) is 135 Å². The molecule has 0 bridgehead atoms. The maximum atomic E-state index is 12.6. The number of benzene rings is 4. The Morgan fingerprint density at radius 3 is 1.34 bits per heavy atom. The molecule has 4 aromatic carbocycles. The first-order valence-corrected chi connectivity index (χ1v) is 32.7. The summed E-state index contributed by atoms with van der Waals surface area (Å²) in [5.74, 6) is 1.36. The second kappa shape index (κ2) is 31.2. The van der Waals surface area contributed by atoms with Gasteiger partial charge in [0, 0.05) is 83.5 Å². The number of methoxy groups -OCH3 is 2. The van der Waals surface area contributed by atoms with Gasteiger partial charge in [-0.3, -0.25) is 18.0 Å². The number of aryl methyl sites for hydroxylation is 2. The van der Waals surface area contributed by atoms with Crippen LogP contribution < -0.4 is 89.0 Å². The molecule has 0 radical (unpaired) electrons. The van der Waals surface area contributed by atoms with Crippen molar-refractivity contribution >= 4 is 80.5 Å². The van der Waals surface area contributed by atoms with E-state index in [2.05, 4.69) is 44.7 Å². The van der Waals surface area contributed by atoms with Gasteiger partial charge in [-0.15, -0.1) is 0 Å². The number of ether oxygens (including phenoxy) is 4. The van der Waals surface area contributed by atoms with Crippen molar-refractivity contribution in [2.45, 2.75) is 126 Å². The van der Waals surface area contributed by atoms with Crippen LogP contribution >= 0.6 is 23.2 Å². The molecule has 6 aliphatic rings. The number of nitrogens with zero attached hydrogens (tertiary/aromatic N) is 2. The molecule has 456 valence electrons. The van der Waals surface area contributed by atoms with Crippen LogP contribution in [0, 0.1) is 35.5 Å². The first-order valence-electron chi connectivity index (χ1n) is 29.7. The molecule has 10 rings (SSSR count). The van der Waals surface area contributed by atoms with E-state index in [9.17, 15) is 36.7 Å². The van der Waals surface area contributed by atoms with E-state index in [1.807, 2.05) is 36.4 Å². The number of amides is 2. The zero-order valence-corrected chi connectivity index (χ0v) is 58.2. The molecule has 2 spiro atoms. The third-order valence-electron chi connectivity index (χ3n) is 19.3. The summed E-state index contributed by atoms with van der Waals surface area (Å²) in [6.07, 6.45) is 10.6. The summed E-state index contributed by atoms with van der Waals surface area (Å²) in [5.41, 5.74) is 7.41. The van der Waals surface area contributed by atoms with Crippen LogP contribution in [0.2, 0.25) is 10.0 Å². The molecule has 2 amide bonds. The fraction of sp³-hybridized carbons (Fsp3) is 0.562. The van der Waals surface area contributed by atoms with Gasteiger partial charge in [-0.25, -0.2) is 9.59 Å². The average Bonchev–Trinajstić information content (AvgIpc) is 1.51. The number of carbonyl (C=O) groups is 4. The Balaban J connectivity index is 0.000000240. The second-order valence-corrected chi connectivity index (χ2v) is 28.1. The van der Waals surface area contributed by atoms with Crippen LogP contribution in [-0.2, 0) is 64.9 Å². The number of fused-ring (bicyclic) bond motifs is 6. The molecule has 2 aliphatic heterocycles. The molecule has 86 heavy (non-hydrogen) atoms. The summed E-state index contributed by atoms with van der Waals surface area (Å²) < 4.78 is 68.2. The number of hydrogen-bond acceptors (Lipinski definition) is 14. The summed E-state index contributed by atoms with van der Waals surface area (Å²) >= 11 is 8.36. The fourth-order valence-corrected chi connectivity index (χ4v) is 14.8. The van der Waals surface area contributed by atoms with Gasteiger partial charge in [-0.2, -0.15) is 0 Å². The topological polar surface area (TPSA) is 216 Å². The third-order valence-corrected chi connectivity index (χ3v) is 21.9. The van der Waals surface area contributed by atoms with E-state index >= 15 is 0 Å². The molecule has 22 heteroatoms. The summed E-state index contributed by atoms with van der Waals surface area (Å²) in [7, 11) is 2.77. The van der Waals surface area contributed by atoms with E-state index in [4.69, 9.17) is 42.1 Å². The Morgan fingerprint density at radius 1 is 0.605 bits per heavy atom. The summed E-state index contributed by atoms with van der Waals surface area (Å²) in [5, 5.41) is 6.46. The number of anilines is 2. The first-order chi connectivity index (χ1) is 40.2. The van der Waals surface area contributed by atoms with Crippen LogP contribution in [0.25, 0.3) is 0 Å². The largest absolute Gasteiger partial charge is 1.00 e. The number of esters is 2. The van der Waals surface area contributed by atoms with Crippen molar-refractivity contribution in [2.75, 3.05) is 76.5 Å². The summed E-state index contributed by atoms with van der Waals surface area (Å²) in [4.78, 5) is 54.9. The molecular weight excluding hydrogens is 1200 g/mol. The van der Waals surface area contributed by atoms with E-state index in [1.54, 1.807) is 39.8 Å². The smallest absolute Gasteiger partial charge is 0.772 e. The van der Waals surface area contributed by atoms with Crippen molar-refractivity contribution in [1.29, 1.82) is 0 Å². The van der Waals surface area contributed by atoms with Gasteiger partial charge in [0.05, 0.1) is 49.9 Å². The molecule has 2 saturated carbocycles. The van der Waals surface area contributed by atoms with Gasteiger partial charge in [0.1, 0.15) is 11.5 Å². The van der Waals surface area contributed by atoms with Gasteiger partial charge >= 0.3 is 71.1 Å². The van der Waals surface area contributed by atoms with Gasteiger partial charge in [0.25, 0.3) is 0 Å². The van der Waals surface area contributed by atoms with E-state index < -0.39 is 32.7 Å². The van der Waals surface area contributed by atoms with E-state index in [0.717, 1.165) is 123 Å². The SMILES string of the molecule is COC(=O)c1ccc2c(c1)N(C[C@@H]1CC[C@H]1CNC(=O)C[C@@H](C)[C@H](C)S(=O)[O-])C[C@@]1(CCCc3cc(Cl)ccc31)CO2.COC(=O)c1ccc2c(c1)N(C[C@@H]1CC[C@H]1CNC(=O)C[C@@H](C)[C@H](C)S(=O)[O-])C[C@@]1(CCCc3cc(Cl)ccc31)CO2.[Na+].[Na+]. The quantitative estimate of drug-likeness (QED) is 0.0817. The molecule has 12 atom stereocenters. The molecular formula is C64H80Cl2N4Na2O12S2. The molecule has 2 unspecified atom stereocenters. The maximum Gasteiger partial charge on any atom is 1.00 e. The summed E-state index contributed by atoms with van der Waals surface area (Å²) in [6, 6.07) is 23.4. The molecule has 4 aromatic rings. The molecule has 4 aliphatic carbocycles. The van der Waals surface area contributed by atoms with Crippen LogP contribution in [0.15, 0.2) is 72.8 Å². The molecule has 2 heterocycles. The zero-order valence-electron chi connectivity index (χ0n) is 51.1. The third kappa shape index (κ3) is 16.4. The molecule has 2 fully saturated rings. The van der Waals surface area contributed by atoms with Crippen molar-refractivity contribution in [2.24, 2.45) is 35.5 Å². The van der Waals surface area contributed by atoms with E-state index in [1.165, 1.54) is 36.5 Å². The standard InChI is InChI=1S/2C32H41ClN2O6S.2Na/c2*1-20(21(2)42(38)39)13-30(36)34-16-24-6-7-25(24)17-35-18-32(12-4-5-22-14-26(33)9-10-27(22)32)19-41-29-11-8-23(15-28(29)35)31(37)40-3;;/h2*8-11,14-15,20-21,24-25H,4-7,12-13,16-19H2,1-3H3,(H,34,36)(H,38,39);;/q;;2*+1/p-2/t2*20-,21+,24+,25+,32+;;/m11../s1. The molecule has 0 saturated heterocycles. The Morgan fingerprint density at radius 2 is 0.988 bits per heavy atom. The molecule has 16 nitrogen and oxygen atoms in total. The van der Waals surface area contributed by atoms with Gasteiger partial charge in [-0.05, 0) is 183 Å². The predicted octanol–water partition coefficient (Wildman–Crippen LogP) is 4.08. The normalized spacial score (nSPS) is 24.5. The van der Waals surface area contributed by atoms with Crippen molar-refractivity contribution in [1.82, 2.24) is 10.6 Å². The second-order valence-electron chi connectivity index (χ2n) is 24.7. The van der Waals surface area contributed by atoms with Crippen LogP contribution in [0.3, 0.4) is 0 Å². The minimum Gasteiger partial charge on any atom is -0.772 e. The number of hydrogen-bond donors (Lipinski definition) is 2. The number of nitrogens with one attached hydrogen (secondary N) is 2. The predicted molar refractivity (Wildman–Crippen MR) is 326 cm³/mol. The van der Waals surface area contributed by atoms with Crippen molar-refractivity contribution in [3.05, 3.63) is 116 Å². The Bertz CT molecular complexity index is 2930. The Labute approximate surface area is 566 Å². The minimum atomic E-state index is -2.20. The van der Waals surface area contributed by atoms with Crippen LogP contribution in [0.5, 0.6) is 11.5 Å². The van der Waals surface area contributed by atoms with E-state index in [0.29, 0.717) is 61.1 Å². The summed E-state index contributed by atoms with van der Waals surface area (Å²) in [6.45, 7) is 12.1. The van der Waals surface area contributed by atoms with Crippen LogP contribution in [-0.4, -0.2) is 118 Å². The average molecular weight is 1280 g/mol. The first kappa shape index (κ1) is 70.2. The van der Waals surface area contributed by atoms with Gasteiger partial charge in [-0.1, -0.05) is 85.2 Å². The van der Waals surface area contributed by atoms with Crippen molar-refractivity contribution in [3.63, 3.8) is 0 Å². The van der Waals surface area contributed by atoms with Gasteiger partial charge < -0.3 is 48.5 Å². The Hall–Kier alpha value is -3.24. The van der Waals surface area contributed by atoms with Crippen molar-refractivity contribution < 1.29 is 115 Å². The van der Waals surface area contributed by atoms with E-state index in [-0.39, 0.29) is 118 Å². The number of carbonyl (C=O) groups excluding carboxylic acids is 4. The zero-order chi connectivity index (χ0) is 60.0. The minimum absolute atomic E-state index is 0. The number of rotatable bonds is 18. The maximum absolute atomic E-state index is 12.6. The number of halogens is 2. The fourth-order valence-electron chi connectivity index (χ4n) is 13.5. The Kier molecular flexibility index (Phi) is 25.5. The molecule has 2 N–H and O–H groups in total. The molecule has 0 aromatic heterocycles. The van der Waals surface area contributed by atoms with Gasteiger partial charge in [0.15, 0.2) is 0 Å². The monoisotopic (exact) mass is 1280 g/mol.